The average Bonchev–Trinajstić information content (AvgIpc) is 2.66. The molecule has 136 valence electrons. The summed E-state index contributed by atoms with van der Waals surface area (Å²) >= 11 is 0. The number of carbonyl (C=O) groups excluding carboxylic acids is 2. The van der Waals surface area contributed by atoms with Crippen LogP contribution in [-0.2, 0) is 11.3 Å². The molecule has 1 atom stereocenters. The van der Waals surface area contributed by atoms with E-state index in [1.54, 1.807) is 23.1 Å². The first-order chi connectivity index (χ1) is 12.5. The van der Waals surface area contributed by atoms with E-state index < -0.39 is 18.5 Å². The minimum absolute atomic E-state index is 0.183. The zero-order valence-electron chi connectivity index (χ0n) is 14.6. The predicted molar refractivity (Wildman–Crippen MR) is 98.3 cm³/mol. The quantitative estimate of drug-likeness (QED) is 0.772. The number of nitrogens with two attached hydrogens (primary N) is 1. The Morgan fingerprint density at radius 2 is 1.96 bits per heavy atom. The summed E-state index contributed by atoms with van der Waals surface area (Å²) in [7, 11) is 0. The second kappa shape index (κ2) is 7.68. The number of rotatable bonds is 6. The van der Waals surface area contributed by atoms with Crippen molar-refractivity contribution >= 4 is 17.4 Å². The van der Waals surface area contributed by atoms with Crippen molar-refractivity contribution in [1.82, 2.24) is 0 Å². The third kappa shape index (κ3) is 3.61. The van der Waals surface area contributed by atoms with Crippen molar-refractivity contribution < 1.29 is 19.4 Å². The van der Waals surface area contributed by atoms with Gasteiger partial charge in [0.2, 0.25) is 0 Å². The number of aliphatic hydroxyl groups is 1. The number of hydrogen-bond acceptors (Lipinski definition) is 5. The van der Waals surface area contributed by atoms with Crippen LogP contribution in [0.25, 0.3) is 0 Å². The Kier molecular flexibility index (Phi) is 5.35. The van der Waals surface area contributed by atoms with Crippen molar-refractivity contribution in [2.45, 2.75) is 26.0 Å². The van der Waals surface area contributed by atoms with E-state index in [-0.39, 0.29) is 5.91 Å². The molecule has 6 nitrogen and oxygen atoms in total. The van der Waals surface area contributed by atoms with E-state index in [4.69, 9.17) is 15.6 Å². The summed E-state index contributed by atoms with van der Waals surface area (Å²) in [4.78, 5) is 26.4. The average molecular weight is 354 g/mol. The topological polar surface area (TPSA) is 92.9 Å². The molecule has 2 aromatic rings. The number of aryl methyl sites for hydroxylation is 1. The third-order valence-electron chi connectivity index (χ3n) is 4.42. The van der Waals surface area contributed by atoms with Gasteiger partial charge in [0.25, 0.3) is 5.91 Å². The Morgan fingerprint density at radius 3 is 2.62 bits per heavy atom. The Balaban J connectivity index is 2.00. The molecule has 0 fully saturated rings. The number of amides is 1. The molecule has 0 saturated carbocycles. The first kappa shape index (κ1) is 18.1. The summed E-state index contributed by atoms with van der Waals surface area (Å²) < 4.78 is 5.80. The summed E-state index contributed by atoms with van der Waals surface area (Å²) in [6.07, 6.45) is -0.225. The number of ketones is 1. The fraction of sp³-hybridized carbons (Fsp3) is 0.300. The Labute approximate surface area is 152 Å². The van der Waals surface area contributed by atoms with Crippen LogP contribution in [0.3, 0.4) is 0 Å². The van der Waals surface area contributed by atoms with Crippen LogP contribution in [0.2, 0.25) is 0 Å². The summed E-state index contributed by atoms with van der Waals surface area (Å²) in [5.74, 6) is -0.0543. The second-order valence-corrected chi connectivity index (χ2v) is 6.36. The molecule has 1 aliphatic heterocycles. The van der Waals surface area contributed by atoms with Gasteiger partial charge in [-0.3, -0.25) is 9.59 Å². The fourth-order valence-electron chi connectivity index (χ4n) is 2.96. The normalized spacial score (nSPS) is 16.2. The molecule has 0 saturated heterocycles. The van der Waals surface area contributed by atoms with E-state index in [9.17, 15) is 9.59 Å². The Hall–Kier alpha value is -2.70. The molecule has 3 N–H and O–H groups in total. The molecule has 1 amide bonds. The second-order valence-electron chi connectivity index (χ2n) is 6.36. The monoisotopic (exact) mass is 354 g/mol. The summed E-state index contributed by atoms with van der Waals surface area (Å²) in [5, 5.41) is 9.11. The summed E-state index contributed by atoms with van der Waals surface area (Å²) in [6, 6.07) is 12.8. The molecule has 0 radical (unpaired) electrons. The highest BCUT2D eigenvalue weighted by Gasteiger charge is 2.34. The van der Waals surface area contributed by atoms with Crippen molar-refractivity contribution in [1.29, 1.82) is 0 Å². The molecule has 1 unspecified atom stereocenters. The highest BCUT2D eigenvalue weighted by atomic mass is 16.5. The lowest BCUT2D eigenvalue weighted by atomic mass is 10.0. The smallest absolute Gasteiger partial charge is 0.268 e. The Morgan fingerprint density at radius 1 is 1.23 bits per heavy atom. The van der Waals surface area contributed by atoms with Crippen LogP contribution in [-0.4, -0.2) is 36.1 Å². The zero-order chi connectivity index (χ0) is 18.7. The van der Waals surface area contributed by atoms with Gasteiger partial charge in [0, 0.05) is 12.0 Å². The molecule has 0 aliphatic carbocycles. The minimum atomic E-state index is -0.641. The highest BCUT2D eigenvalue weighted by molar-refractivity contribution is 6.03. The predicted octanol–water partition coefficient (Wildman–Crippen LogP) is 1.81. The van der Waals surface area contributed by atoms with Gasteiger partial charge < -0.3 is 20.5 Å². The SMILES string of the molecule is Cc1ccc(CN2C(=O)C(CCN)Oc3ccc(C(=O)CO)cc32)cc1. The zero-order valence-corrected chi connectivity index (χ0v) is 14.6. The van der Waals surface area contributed by atoms with Crippen molar-refractivity contribution in [2.75, 3.05) is 18.1 Å². The lowest BCUT2D eigenvalue weighted by Gasteiger charge is -2.34. The molecular weight excluding hydrogens is 332 g/mol. The van der Waals surface area contributed by atoms with E-state index in [0.29, 0.717) is 36.5 Å². The minimum Gasteiger partial charge on any atom is -0.478 e. The molecule has 0 spiro atoms. The van der Waals surface area contributed by atoms with Gasteiger partial charge in [-0.25, -0.2) is 0 Å². The molecule has 3 rings (SSSR count). The molecule has 2 aromatic carbocycles. The molecule has 1 heterocycles. The number of fused-ring (bicyclic) bond motifs is 1. The van der Waals surface area contributed by atoms with Gasteiger partial charge in [0.1, 0.15) is 12.4 Å². The number of anilines is 1. The van der Waals surface area contributed by atoms with Crippen molar-refractivity contribution in [3.63, 3.8) is 0 Å². The lowest BCUT2D eigenvalue weighted by Crippen LogP contribution is -2.46. The van der Waals surface area contributed by atoms with Crippen LogP contribution in [0.15, 0.2) is 42.5 Å². The summed E-state index contributed by atoms with van der Waals surface area (Å²) in [6.45, 7) is 2.13. The van der Waals surface area contributed by atoms with Crippen LogP contribution < -0.4 is 15.4 Å². The van der Waals surface area contributed by atoms with Crippen molar-refractivity contribution in [3.05, 3.63) is 59.2 Å². The molecule has 26 heavy (non-hydrogen) atoms. The van der Waals surface area contributed by atoms with Gasteiger partial charge in [-0.2, -0.15) is 0 Å². The van der Waals surface area contributed by atoms with Crippen LogP contribution in [0, 0.1) is 6.92 Å². The van der Waals surface area contributed by atoms with Gasteiger partial charge in [0.15, 0.2) is 11.9 Å². The molecule has 1 aliphatic rings. The maximum Gasteiger partial charge on any atom is 0.268 e. The first-order valence-corrected chi connectivity index (χ1v) is 8.55. The molecule has 0 bridgehead atoms. The van der Waals surface area contributed by atoms with E-state index in [0.717, 1.165) is 11.1 Å². The lowest BCUT2D eigenvalue weighted by molar-refractivity contribution is -0.126. The molecule has 0 aromatic heterocycles. The van der Waals surface area contributed by atoms with Crippen LogP contribution in [0.4, 0.5) is 5.69 Å². The highest BCUT2D eigenvalue weighted by Crippen LogP contribution is 2.36. The number of carbonyl (C=O) groups is 2. The maximum absolute atomic E-state index is 12.9. The van der Waals surface area contributed by atoms with Gasteiger partial charge in [-0.1, -0.05) is 29.8 Å². The van der Waals surface area contributed by atoms with E-state index >= 15 is 0 Å². The van der Waals surface area contributed by atoms with Gasteiger partial charge in [0.05, 0.1) is 12.2 Å². The number of ether oxygens (including phenoxy) is 1. The number of nitrogens with zero attached hydrogens (tertiary/aromatic N) is 1. The third-order valence-corrected chi connectivity index (χ3v) is 4.42. The van der Waals surface area contributed by atoms with Crippen molar-refractivity contribution in [2.24, 2.45) is 5.73 Å². The Bertz CT molecular complexity index is 817. The van der Waals surface area contributed by atoms with Crippen molar-refractivity contribution in [3.8, 4) is 5.75 Å². The first-order valence-electron chi connectivity index (χ1n) is 8.55. The van der Waals surface area contributed by atoms with Crippen LogP contribution in [0.5, 0.6) is 5.75 Å². The number of benzene rings is 2. The summed E-state index contributed by atoms with van der Waals surface area (Å²) in [5.41, 5.74) is 8.60. The standard InChI is InChI=1S/C20H22N2O4/c1-13-2-4-14(5-3-13)11-22-16-10-15(17(24)12-23)6-7-18(16)26-19(8-9-21)20(22)25/h2-7,10,19,23H,8-9,11-12,21H2,1H3. The van der Waals surface area contributed by atoms with Crippen LogP contribution in [0.1, 0.15) is 27.9 Å². The maximum atomic E-state index is 12.9. The van der Waals surface area contributed by atoms with E-state index in [1.807, 2.05) is 31.2 Å². The fourth-order valence-corrected chi connectivity index (χ4v) is 2.96. The molecular formula is C20H22N2O4. The van der Waals surface area contributed by atoms with E-state index in [1.165, 1.54) is 0 Å². The van der Waals surface area contributed by atoms with Gasteiger partial charge in [-0.15, -0.1) is 0 Å². The van der Waals surface area contributed by atoms with Gasteiger partial charge in [-0.05, 0) is 37.2 Å². The number of Topliss-reactive ketones (excluding diaryl/α,β-unsaturated/α-hetero) is 1. The van der Waals surface area contributed by atoms with Crippen LogP contribution >= 0.6 is 0 Å². The van der Waals surface area contributed by atoms with E-state index in [2.05, 4.69) is 0 Å². The number of aliphatic hydroxyl groups excluding tert-OH is 1. The number of hydrogen-bond donors (Lipinski definition) is 2. The molecule has 6 heteroatoms. The largest absolute Gasteiger partial charge is 0.478 e. The van der Waals surface area contributed by atoms with Gasteiger partial charge >= 0.3 is 0 Å².